The Balaban J connectivity index is 1.84. The van der Waals surface area contributed by atoms with Crippen molar-refractivity contribution in [2.45, 2.75) is 6.92 Å². The van der Waals surface area contributed by atoms with Crippen molar-refractivity contribution < 1.29 is 9.47 Å². The molecule has 0 fully saturated rings. The molecule has 0 aliphatic rings. The van der Waals surface area contributed by atoms with Crippen LogP contribution in [0.1, 0.15) is 11.1 Å². The number of aliphatic imine (C=N–C) groups is 1. The smallest absolute Gasteiger partial charge is 0.133 e. The highest BCUT2D eigenvalue weighted by Crippen LogP contribution is 2.45. The van der Waals surface area contributed by atoms with Gasteiger partial charge in [-0.3, -0.25) is 4.99 Å². The largest absolute Gasteiger partial charge is 0.496 e. The van der Waals surface area contributed by atoms with Crippen LogP contribution < -0.4 is 9.47 Å². The first-order valence-electron chi connectivity index (χ1n) is 11.2. The van der Waals surface area contributed by atoms with Crippen LogP contribution in [0.4, 0.5) is 5.69 Å². The van der Waals surface area contributed by atoms with E-state index in [2.05, 4.69) is 60.4 Å². The minimum atomic E-state index is 0.696. The molecule has 1 N–H and O–H groups in total. The minimum Gasteiger partial charge on any atom is -0.496 e. The summed E-state index contributed by atoms with van der Waals surface area (Å²) in [7, 11) is 3.36. The fourth-order valence-electron chi connectivity index (χ4n) is 4.36. The zero-order valence-electron chi connectivity index (χ0n) is 19.5. The molecule has 0 saturated carbocycles. The van der Waals surface area contributed by atoms with Gasteiger partial charge in [0.2, 0.25) is 0 Å². The van der Waals surface area contributed by atoms with E-state index in [4.69, 9.17) is 14.5 Å². The summed E-state index contributed by atoms with van der Waals surface area (Å²) < 4.78 is 11.6. The summed E-state index contributed by atoms with van der Waals surface area (Å²) in [5.41, 5.74) is 8.18. The van der Waals surface area contributed by atoms with Gasteiger partial charge in [0, 0.05) is 17.8 Å². The molecule has 168 valence electrons. The quantitative estimate of drug-likeness (QED) is 0.273. The van der Waals surface area contributed by atoms with Crippen LogP contribution in [0.25, 0.3) is 33.3 Å². The van der Waals surface area contributed by atoms with Crippen molar-refractivity contribution in [1.82, 2.24) is 4.98 Å². The van der Waals surface area contributed by atoms with E-state index >= 15 is 0 Å². The predicted molar refractivity (Wildman–Crippen MR) is 141 cm³/mol. The van der Waals surface area contributed by atoms with Gasteiger partial charge in [-0.2, -0.15) is 0 Å². The van der Waals surface area contributed by atoms with Crippen LogP contribution >= 0.6 is 0 Å². The lowest BCUT2D eigenvalue weighted by Gasteiger charge is -2.12. The molecular weight excluding hydrogens is 420 g/mol. The van der Waals surface area contributed by atoms with Gasteiger partial charge in [-0.1, -0.05) is 72.8 Å². The number of aromatic amines is 1. The van der Waals surface area contributed by atoms with Crippen LogP contribution in [0, 0.1) is 6.92 Å². The topological polar surface area (TPSA) is 46.6 Å². The summed E-state index contributed by atoms with van der Waals surface area (Å²) in [5, 5.41) is 0.999. The van der Waals surface area contributed by atoms with Crippen LogP contribution in [-0.2, 0) is 0 Å². The van der Waals surface area contributed by atoms with Gasteiger partial charge < -0.3 is 14.5 Å². The van der Waals surface area contributed by atoms with Crippen molar-refractivity contribution in [3.8, 4) is 33.9 Å². The number of hydrogen-bond acceptors (Lipinski definition) is 3. The molecule has 0 amide bonds. The van der Waals surface area contributed by atoms with Crippen LogP contribution in [-0.4, -0.2) is 25.4 Å². The highest BCUT2D eigenvalue weighted by molar-refractivity contribution is 6.13. The SMILES string of the molecule is COc1cc(OC)c2c(-c3ccccc3)c(-c3ccccc3)[nH]c2c1C=Nc1cccc(C)c1. The average molecular weight is 447 g/mol. The molecule has 0 saturated heterocycles. The summed E-state index contributed by atoms with van der Waals surface area (Å²) in [6.07, 6.45) is 1.87. The summed E-state index contributed by atoms with van der Waals surface area (Å²) in [6, 6.07) is 30.8. The summed E-state index contributed by atoms with van der Waals surface area (Å²) in [6.45, 7) is 2.06. The molecule has 34 heavy (non-hydrogen) atoms. The molecule has 1 heterocycles. The second-order valence-electron chi connectivity index (χ2n) is 8.15. The molecule has 0 bridgehead atoms. The Labute approximate surface area is 199 Å². The molecule has 5 aromatic rings. The molecule has 4 nitrogen and oxygen atoms in total. The van der Waals surface area contributed by atoms with Gasteiger partial charge in [-0.05, 0) is 35.7 Å². The lowest BCUT2D eigenvalue weighted by molar-refractivity contribution is 0.397. The first-order chi connectivity index (χ1) is 16.7. The molecule has 0 atom stereocenters. The lowest BCUT2D eigenvalue weighted by atomic mass is 9.97. The van der Waals surface area contributed by atoms with Gasteiger partial charge in [0.25, 0.3) is 0 Å². The maximum atomic E-state index is 5.87. The van der Waals surface area contributed by atoms with Crippen molar-refractivity contribution in [2.75, 3.05) is 14.2 Å². The van der Waals surface area contributed by atoms with E-state index in [1.807, 2.05) is 48.7 Å². The molecule has 0 unspecified atom stereocenters. The zero-order valence-corrected chi connectivity index (χ0v) is 19.5. The number of fused-ring (bicyclic) bond motifs is 1. The van der Waals surface area contributed by atoms with E-state index in [1.165, 1.54) is 5.56 Å². The van der Waals surface area contributed by atoms with E-state index in [1.54, 1.807) is 14.2 Å². The zero-order chi connectivity index (χ0) is 23.5. The molecule has 4 heteroatoms. The Morgan fingerprint density at radius 1 is 0.735 bits per heavy atom. The van der Waals surface area contributed by atoms with Crippen molar-refractivity contribution in [2.24, 2.45) is 4.99 Å². The predicted octanol–water partition coefficient (Wildman–Crippen LogP) is 7.58. The Bertz CT molecular complexity index is 1470. The number of aromatic nitrogens is 1. The third kappa shape index (κ3) is 3.95. The summed E-state index contributed by atoms with van der Waals surface area (Å²) in [5.74, 6) is 1.44. The van der Waals surface area contributed by atoms with Crippen LogP contribution in [0.15, 0.2) is 96.0 Å². The third-order valence-electron chi connectivity index (χ3n) is 5.95. The first-order valence-corrected chi connectivity index (χ1v) is 11.2. The number of methoxy groups -OCH3 is 2. The van der Waals surface area contributed by atoms with Gasteiger partial charge in [-0.25, -0.2) is 0 Å². The van der Waals surface area contributed by atoms with Crippen LogP contribution in [0.5, 0.6) is 11.5 Å². The van der Waals surface area contributed by atoms with Crippen LogP contribution in [0.3, 0.4) is 0 Å². The summed E-state index contributed by atoms with van der Waals surface area (Å²) >= 11 is 0. The maximum Gasteiger partial charge on any atom is 0.133 e. The Morgan fingerprint density at radius 2 is 1.41 bits per heavy atom. The minimum absolute atomic E-state index is 0.696. The Kier molecular flexibility index (Phi) is 5.88. The second kappa shape index (κ2) is 9.28. The highest BCUT2D eigenvalue weighted by atomic mass is 16.5. The monoisotopic (exact) mass is 446 g/mol. The number of nitrogens with zero attached hydrogens (tertiary/aromatic N) is 1. The van der Waals surface area contributed by atoms with E-state index in [-0.39, 0.29) is 0 Å². The standard InChI is InChI=1S/C30H26N2O2/c1-20-11-10-16-23(17-20)31-19-24-25(33-2)18-26(34-3)28-27(21-12-6-4-7-13-21)29(32-30(24)28)22-14-8-5-9-15-22/h4-19,32H,1-3H3. The number of aryl methyl sites for hydroxylation is 1. The number of H-pyrrole nitrogens is 1. The van der Waals surface area contributed by atoms with Gasteiger partial charge in [0.05, 0.1) is 42.1 Å². The number of ether oxygens (including phenoxy) is 2. The van der Waals surface area contributed by atoms with Crippen molar-refractivity contribution in [3.63, 3.8) is 0 Å². The first kappa shape index (κ1) is 21.5. The molecular formula is C30H26N2O2. The Morgan fingerprint density at radius 3 is 2.06 bits per heavy atom. The highest BCUT2D eigenvalue weighted by Gasteiger charge is 2.22. The molecule has 0 aliphatic heterocycles. The van der Waals surface area contributed by atoms with E-state index < -0.39 is 0 Å². The molecule has 5 rings (SSSR count). The van der Waals surface area contributed by atoms with E-state index in [0.717, 1.165) is 50.3 Å². The van der Waals surface area contributed by atoms with Gasteiger partial charge in [0.15, 0.2) is 0 Å². The maximum absolute atomic E-state index is 5.87. The van der Waals surface area contributed by atoms with Gasteiger partial charge in [-0.15, -0.1) is 0 Å². The number of nitrogens with one attached hydrogen (secondary N) is 1. The van der Waals surface area contributed by atoms with Crippen molar-refractivity contribution in [1.29, 1.82) is 0 Å². The fraction of sp³-hybridized carbons (Fsp3) is 0.100. The number of benzene rings is 4. The van der Waals surface area contributed by atoms with E-state index in [9.17, 15) is 0 Å². The van der Waals surface area contributed by atoms with Crippen molar-refractivity contribution >= 4 is 22.8 Å². The second-order valence-corrected chi connectivity index (χ2v) is 8.15. The molecule has 0 radical (unpaired) electrons. The lowest BCUT2D eigenvalue weighted by Crippen LogP contribution is -1.95. The molecule has 1 aromatic heterocycles. The van der Waals surface area contributed by atoms with Gasteiger partial charge in [0.1, 0.15) is 11.5 Å². The average Bonchev–Trinajstić information content (AvgIpc) is 3.29. The summed E-state index contributed by atoms with van der Waals surface area (Å²) in [4.78, 5) is 8.46. The fourth-order valence-corrected chi connectivity index (χ4v) is 4.36. The molecule has 0 spiro atoms. The van der Waals surface area contributed by atoms with Gasteiger partial charge >= 0.3 is 0 Å². The number of hydrogen-bond donors (Lipinski definition) is 1. The molecule has 0 aliphatic carbocycles. The van der Waals surface area contributed by atoms with E-state index in [0.29, 0.717) is 5.75 Å². The van der Waals surface area contributed by atoms with Crippen molar-refractivity contribution in [3.05, 3.63) is 102 Å². The third-order valence-corrected chi connectivity index (χ3v) is 5.95. The van der Waals surface area contributed by atoms with Crippen LogP contribution in [0.2, 0.25) is 0 Å². The molecule has 4 aromatic carbocycles. The Hall–Kier alpha value is -4.31. The number of rotatable bonds is 6. The normalized spacial score (nSPS) is 11.3.